The minimum atomic E-state index is -0.0518. The lowest BCUT2D eigenvalue weighted by Gasteiger charge is -2.09. The Bertz CT molecular complexity index is 263. The summed E-state index contributed by atoms with van der Waals surface area (Å²) in [7, 11) is 0. The Labute approximate surface area is 152 Å². The van der Waals surface area contributed by atoms with E-state index in [9.17, 15) is 4.79 Å². The van der Waals surface area contributed by atoms with E-state index in [1.165, 1.54) is 83.5 Å². The lowest BCUT2D eigenvalue weighted by Crippen LogP contribution is -2.07. The molecule has 1 radical (unpaired) electrons. The number of unbranched alkanes of at least 4 members (excludes halogenated alkanes) is 14. The molecule has 0 rings (SSSR count). The normalized spacial score (nSPS) is 11.2. The molecule has 0 saturated heterocycles. The molecular weight excluding hydrogens is 296 g/mol. The summed E-state index contributed by atoms with van der Waals surface area (Å²) in [6, 6.07) is 0. The van der Waals surface area contributed by atoms with Crippen LogP contribution in [0.3, 0.4) is 0 Å². The highest BCUT2D eigenvalue weighted by Gasteiger charge is 2.07. The molecule has 0 heterocycles. The van der Waals surface area contributed by atoms with Gasteiger partial charge in [-0.1, -0.05) is 104 Å². The maximum Gasteiger partial charge on any atom is 0.306 e. The van der Waals surface area contributed by atoms with Gasteiger partial charge in [0.05, 0.1) is 0 Å². The van der Waals surface area contributed by atoms with Crippen LogP contribution in [-0.2, 0) is 9.53 Å². The van der Waals surface area contributed by atoms with Crippen molar-refractivity contribution in [3.63, 3.8) is 0 Å². The highest BCUT2D eigenvalue weighted by Crippen LogP contribution is 2.14. The number of hydrogen-bond acceptors (Lipinski definition) is 2. The molecule has 0 spiro atoms. The number of ether oxygens (including phenoxy) is 1. The van der Waals surface area contributed by atoms with Gasteiger partial charge < -0.3 is 4.74 Å². The first kappa shape index (κ1) is 23.5. The van der Waals surface area contributed by atoms with Crippen molar-refractivity contribution in [1.82, 2.24) is 0 Å². The fourth-order valence-corrected chi connectivity index (χ4v) is 2.96. The van der Waals surface area contributed by atoms with Crippen molar-refractivity contribution in [3.05, 3.63) is 6.10 Å². The van der Waals surface area contributed by atoms with E-state index in [1.807, 2.05) is 13.8 Å². The average Bonchev–Trinajstić information content (AvgIpc) is 2.58. The van der Waals surface area contributed by atoms with E-state index >= 15 is 0 Å². The Morgan fingerprint density at radius 3 is 1.38 bits per heavy atom. The molecule has 24 heavy (non-hydrogen) atoms. The molecule has 0 unspecified atom stereocenters. The number of rotatable bonds is 18. The predicted octanol–water partition coefficient (Wildman–Crippen LogP) is 7.75. The maximum atomic E-state index is 11.5. The van der Waals surface area contributed by atoms with Crippen LogP contribution in [-0.4, -0.2) is 5.97 Å². The number of carbonyl (C=O) groups excluding carboxylic acids is 1. The van der Waals surface area contributed by atoms with Crippen LogP contribution in [0.1, 0.15) is 130 Å². The van der Waals surface area contributed by atoms with Crippen molar-refractivity contribution in [3.8, 4) is 0 Å². The van der Waals surface area contributed by atoms with Crippen molar-refractivity contribution in [2.75, 3.05) is 0 Å². The Morgan fingerprint density at radius 1 is 0.625 bits per heavy atom. The molecule has 143 valence electrons. The van der Waals surface area contributed by atoms with Crippen LogP contribution in [0, 0.1) is 6.10 Å². The van der Waals surface area contributed by atoms with E-state index in [0.29, 0.717) is 6.42 Å². The second-order valence-corrected chi connectivity index (χ2v) is 7.23. The summed E-state index contributed by atoms with van der Waals surface area (Å²) in [6.07, 6.45) is 22.5. The van der Waals surface area contributed by atoms with E-state index < -0.39 is 0 Å². The first-order valence-electron chi connectivity index (χ1n) is 10.7. The van der Waals surface area contributed by atoms with Gasteiger partial charge in [0.1, 0.15) is 6.10 Å². The summed E-state index contributed by atoms with van der Waals surface area (Å²) >= 11 is 0. The monoisotopic (exact) mass is 339 g/mol. The summed E-state index contributed by atoms with van der Waals surface area (Å²) < 4.78 is 5.20. The molecule has 2 heteroatoms. The molecule has 0 aliphatic rings. The Hall–Kier alpha value is -0.530. The van der Waals surface area contributed by atoms with Crippen molar-refractivity contribution in [2.45, 2.75) is 130 Å². The Balaban J connectivity index is 3.11. The lowest BCUT2D eigenvalue weighted by molar-refractivity contribution is -0.142. The molecule has 0 bridgehead atoms. The maximum absolute atomic E-state index is 11.5. The fourth-order valence-electron chi connectivity index (χ4n) is 2.96. The van der Waals surface area contributed by atoms with Gasteiger partial charge in [-0.2, -0.15) is 0 Å². The molecule has 0 aromatic carbocycles. The zero-order valence-electron chi connectivity index (χ0n) is 16.8. The van der Waals surface area contributed by atoms with Crippen LogP contribution in [0.15, 0.2) is 0 Å². The SMILES string of the molecule is CCCCCCCCCCCCCCCCCC(=O)O[C](C)CC. The van der Waals surface area contributed by atoms with Gasteiger partial charge >= 0.3 is 5.97 Å². The largest absolute Gasteiger partial charge is 0.455 e. The number of hydrogen-bond donors (Lipinski definition) is 0. The third-order valence-corrected chi connectivity index (χ3v) is 4.77. The van der Waals surface area contributed by atoms with Gasteiger partial charge in [0.2, 0.25) is 0 Å². The first-order chi connectivity index (χ1) is 11.7. The highest BCUT2D eigenvalue weighted by molar-refractivity contribution is 5.70. The summed E-state index contributed by atoms with van der Waals surface area (Å²) in [5.74, 6) is -0.0518. The van der Waals surface area contributed by atoms with E-state index in [2.05, 4.69) is 6.92 Å². The van der Waals surface area contributed by atoms with E-state index in [0.717, 1.165) is 25.4 Å². The summed E-state index contributed by atoms with van der Waals surface area (Å²) in [5, 5.41) is 0. The minimum absolute atomic E-state index is 0.0518. The third kappa shape index (κ3) is 17.8. The van der Waals surface area contributed by atoms with Gasteiger partial charge in [-0.25, -0.2) is 0 Å². The Morgan fingerprint density at radius 2 is 1.00 bits per heavy atom. The van der Waals surface area contributed by atoms with Gasteiger partial charge in [-0.3, -0.25) is 4.79 Å². The van der Waals surface area contributed by atoms with Gasteiger partial charge in [-0.15, -0.1) is 0 Å². The second-order valence-electron chi connectivity index (χ2n) is 7.23. The third-order valence-electron chi connectivity index (χ3n) is 4.77. The van der Waals surface area contributed by atoms with Crippen LogP contribution in [0.5, 0.6) is 0 Å². The van der Waals surface area contributed by atoms with Gasteiger partial charge in [-0.05, 0) is 19.8 Å². The van der Waals surface area contributed by atoms with Crippen molar-refractivity contribution in [1.29, 1.82) is 0 Å². The van der Waals surface area contributed by atoms with Gasteiger partial charge in [0, 0.05) is 6.42 Å². The molecular formula is C22H43O2. The molecule has 0 aliphatic heterocycles. The molecule has 0 amide bonds. The summed E-state index contributed by atoms with van der Waals surface area (Å²) in [6.45, 7) is 6.17. The molecule has 0 aromatic rings. The Kier molecular flexibility index (Phi) is 18.4. The van der Waals surface area contributed by atoms with Crippen molar-refractivity contribution in [2.24, 2.45) is 0 Å². The minimum Gasteiger partial charge on any atom is -0.455 e. The zero-order chi connectivity index (χ0) is 17.9. The van der Waals surface area contributed by atoms with Crippen LogP contribution < -0.4 is 0 Å². The quantitative estimate of drug-likeness (QED) is 0.188. The molecule has 0 fully saturated rings. The standard InChI is InChI=1S/C22H43O2/c1-4-6-7-8-9-10-11-12-13-14-15-16-17-18-19-20-22(23)24-21(3)5-2/h4-20H2,1-3H3. The molecule has 2 nitrogen and oxygen atoms in total. The van der Waals surface area contributed by atoms with Crippen molar-refractivity contribution >= 4 is 5.97 Å². The topological polar surface area (TPSA) is 26.3 Å². The molecule has 0 atom stereocenters. The second kappa shape index (κ2) is 18.8. The van der Waals surface area contributed by atoms with Crippen LogP contribution >= 0.6 is 0 Å². The van der Waals surface area contributed by atoms with E-state index in [-0.39, 0.29) is 5.97 Å². The summed E-state index contributed by atoms with van der Waals surface area (Å²) in [4.78, 5) is 11.5. The zero-order valence-corrected chi connectivity index (χ0v) is 16.8. The smallest absolute Gasteiger partial charge is 0.306 e. The van der Waals surface area contributed by atoms with Crippen LogP contribution in [0.25, 0.3) is 0 Å². The molecule has 0 N–H and O–H groups in total. The van der Waals surface area contributed by atoms with Crippen molar-refractivity contribution < 1.29 is 9.53 Å². The number of esters is 1. The first-order valence-corrected chi connectivity index (χ1v) is 10.7. The van der Waals surface area contributed by atoms with Gasteiger partial charge in [0.15, 0.2) is 0 Å². The average molecular weight is 340 g/mol. The molecule has 0 aromatic heterocycles. The van der Waals surface area contributed by atoms with Crippen LogP contribution in [0.2, 0.25) is 0 Å². The molecule has 0 aliphatic carbocycles. The van der Waals surface area contributed by atoms with E-state index in [4.69, 9.17) is 4.74 Å². The van der Waals surface area contributed by atoms with Gasteiger partial charge in [0.25, 0.3) is 0 Å². The molecule has 0 saturated carbocycles. The fraction of sp³-hybridized carbons (Fsp3) is 0.909. The lowest BCUT2D eigenvalue weighted by atomic mass is 10.0. The highest BCUT2D eigenvalue weighted by atomic mass is 16.5. The number of carbonyl (C=O) groups is 1. The predicted molar refractivity (Wildman–Crippen MR) is 105 cm³/mol. The summed E-state index contributed by atoms with van der Waals surface area (Å²) in [5.41, 5.74) is 0. The van der Waals surface area contributed by atoms with E-state index in [1.54, 1.807) is 0 Å². The van der Waals surface area contributed by atoms with Crippen LogP contribution in [0.4, 0.5) is 0 Å².